The van der Waals surface area contributed by atoms with Gasteiger partial charge in [0, 0.05) is 37.1 Å². The van der Waals surface area contributed by atoms with Crippen molar-refractivity contribution in [2.45, 2.75) is 37.5 Å². The van der Waals surface area contributed by atoms with Gasteiger partial charge in [0.2, 0.25) is 5.91 Å². The maximum absolute atomic E-state index is 11.8. The Labute approximate surface area is 125 Å². The van der Waals surface area contributed by atoms with Gasteiger partial charge in [-0.3, -0.25) is 4.79 Å². The fourth-order valence-electron chi connectivity index (χ4n) is 2.41. The van der Waals surface area contributed by atoms with Crippen molar-refractivity contribution in [3.8, 4) is 0 Å². The predicted octanol–water partition coefficient (Wildman–Crippen LogP) is 3.30. The van der Waals surface area contributed by atoms with Crippen molar-refractivity contribution in [2.75, 3.05) is 20.3 Å². The summed E-state index contributed by atoms with van der Waals surface area (Å²) in [6, 6.07) is 7.98. The lowest BCUT2D eigenvalue weighted by molar-refractivity contribution is -0.121. The molecule has 2 rings (SSSR count). The average Bonchev–Trinajstić information content (AvgIpc) is 3.23. The van der Waals surface area contributed by atoms with E-state index in [1.54, 1.807) is 7.11 Å². The lowest BCUT2D eigenvalue weighted by Crippen LogP contribution is -2.32. The molecule has 3 nitrogen and oxygen atoms in total. The number of ether oxygens (including phenoxy) is 1. The molecule has 110 valence electrons. The Morgan fingerprint density at radius 1 is 1.30 bits per heavy atom. The van der Waals surface area contributed by atoms with Crippen LogP contribution in [-0.2, 0) is 14.9 Å². The Bertz CT molecular complexity index is 440. The molecule has 4 heteroatoms. The number of halogens is 1. The Hall–Kier alpha value is -1.06. The highest BCUT2D eigenvalue weighted by Gasteiger charge is 2.44. The molecular formula is C16H22ClNO2. The summed E-state index contributed by atoms with van der Waals surface area (Å²) < 4.78 is 4.97. The third-order valence-electron chi connectivity index (χ3n) is 3.94. The van der Waals surface area contributed by atoms with E-state index in [9.17, 15) is 4.79 Å². The van der Waals surface area contributed by atoms with E-state index < -0.39 is 0 Å². The number of methoxy groups -OCH3 is 1. The number of carbonyl (C=O) groups excluding carboxylic acids is 1. The third-order valence-corrected chi connectivity index (χ3v) is 4.19. The van der Waals surface area contributed by atoms with E-state index in [1.165, 1.54) is 5.56 Å². The van der Waals surface area contributed by atoms with Gasteiger partial charge in [0.15, 0.2) is 0 Å². The number of hydrogen-bond donors (Lipinski definition) is 1. The molecular weight excluding hydrogens is 274 g/mol. The van der Waals surface area contributed by atoms with Crippen LogP contribution >= 0.6 is 11.6 Å². The molecule has 0 heterocycles. The van der Waals surface area contributed by atoms with Crippen LogP contribution < -0.4 is 5.32 Å². The summed E-state index contributed by atoms with van der Waals surface area (Å²) in [5.74, 6) is 0.140. The van der Waals surface area contributed by atoms with E-state index in [-0.39, 0.29) is 11.3 Å². The SMILES string of the molecule is COCCCCC(=O)NCC1(c2ccc(Cl)cc2)CC1. The highest BCUT2D eigenvalue weighted by molar-refractivity contribution is 6.30. The third kappa shape index (κ3) is 4.22. The van der Waals surface area contributed by atoms with Gasteiger partial charge in [0.05, 0.1) is 0 Å². The summed E-state index contributed by atoms with van der Waals surface area (Å²) in [7, 11) is 1.68. The lowest BCUT2D eigenvalue weighted by atomic mass is 9.96. The number of unbranched alkanes of at least 4 members (excludes halogenated alkanes) is 1. The molecule has 1 N–H and O–H groups in total. The van der Waals surface area contributed by atoms with Gasteiger partial charge in [-0.25, -0.2) is 0 Å². The van der Waals surface area contributed by atoms with Crippen LogP contribution in [0.4, 0.5) is 0 Å². The number of carbonyl (C=O) groups is 1. The Kier molecular flexibility index (Phi) is 5.44. The van der Waals surface area contributed by atoms with E-state index in [2.05, 4.69) is 17.4 Å². The van der Waals surface area contributed by atoms with Gasteiger partial charge in [-0.15, -0.1) is 0 Å². The van der Waals surface area contributed by atoms with Crippen LogP contribution in [0.5, 0.6) is 0 Å². The molecule has 0 spiro atoms. The molecule has 1 fully saturated rings. The number of nitrogens with one attached hydrogen (secondary N) is 1. The first-order valence-corrected chi connectivity index (χ1v) is 7.56. The van der Waals surface area contributed by atoms with E-state index >= 15 is 0 Å². The zero-order valence-corrected chi connectivity index (χ0v) is 12.7. The summed E-state index contributed by atoms with van der Waals surface area (Å²) in [6.45, 7) is 1.46. The molecule has 0 saturated heterocycles. The predicted molar refractivity (Wildman–Crippen MR) is 81.1 cm³/mol. The molecule has 0 radical (unpaired) electrons. The summed E-state index contributed by atoms with van der Waals surface area (Å²) in [4.78, 5) is 11.8. The first-order valence-electron chi connectivity index (χ1n) is 7.18. The van der Waals surface area contributed by atoms with Crippen LogP contribution in [0.15, 0.2) is 24.3 Å². The number of rotatable bonds is 8. The van der Waals surface area contributed by atoms with Gasteiger partial charge in [-0.1, -0.05) is 23.7 Å². The summed E-state index contributed by atoms with van der Waals surface area (Å²) in [6.07, 6.45) is 4.68. The van der Waals surface area contributed by atoms with Crippen LogP contribution in [0.2, 0.25) is 5.02 Å². The van der Waals surface area contributed by atoms with Crippen LogP contribution in [-0.4, -0.2) is 26.2 Å². The van der Waals surface area contributed by atoms with E-state index in [4.69, 9.17) is 16.3 Å². The van der Waals surface area contributed by atoms with Crippen molar-refractivity contribution in [3.63, 3.8) is 0 Å². The first kappa shape index (κ1) is 15.3. The van der Waals surface area contributed by atoms with Gasteiger partial charge >= 0.3 is 0 Å². The molecule has 0 aliphatic heterocycles. The minimum absolute atomic E-state index is 0.140. The van der Waals surface area contributed by atoms with E-state index in [0.29, 0.717) is 6.42 Å². The second-order valence-corrected chi connectivity index (χ2v) is 5.95. The highest BCUT2D eigenvalue weighted by atomic mass is 35.5. The first-order chi connectivity index (χ1) is 9.66. The largest absolute Gasteiger partial charge is 0.385 e. The smallest absolute Gasteiger partial charge is 0.220 e. The van der Waals surface area contributed by atoms with Crippen LogP contribution in [0.25, 0.3) is 0 Å². The molecule has 1 aliphatic rings. The molecule has 0 aromatic heterocycles. The van der Waals surface area contributed by atoms with Crippen LogP contribution in [0.3, 0.4) is 0 Å². The fourth-order valence-corrected chi connectivity index (χ4v) is 2.54. The Morgan fingerprint density at radius 2 is 2.00 bits per heavy atom. The molecule has 20 heavy (non-hydrogen) atoms. The molecule has 1 aliphatic carbocycles. The second kappa shape index (κ2) is 7.09. The molecule has 0 bridgehead atoms. The van der Waals surface area contributed by atoms with Crippen molar-refractivity contribution in [2.24, 2.45) is 0 Å². The van der Waals surface area contributed by atoms with Crippen LogP contribution in [0, 0.1) is 0 Å². The standard InChI is InChI=1S/C16H22ClNO2/c1-20-11-3-2-4-15(19)18-12-16(9-10-16)13-5-7-14(17)8-6-13/h5-8H,2-4,9-12H2,1H3,(H,18,19). The molecule has 0 unspecified atom stereocenters. The van der Waals surface area contributed by atoms with Crippen LogP contribution in [0.1, 0.15) is 37.7 Å². The summed E-state index contributed by atoms with van der Waals surface area (Å²) >= 11 is 5.91. The molecule has 0 atom stereocenters. The van der Waals surface area contributed by atoms with Crippen molar-refractivity contribution in [1.82, 2.24) is 5.32 Å². The summed E-state index contributed by atoms with van der Waals surface area (Å²) in [5, 5.41) is 3.82. The quantitative estimate of drug-likeness (QED) is 0.747. The van der Waals surface area contributed by atoms with Gasteiger partial charge in [0.1, 0.15) is 0 Å². The lowest BCUT2D eigenvalue weighted by Gasteiger charge is -2.16. The summed E-state index contributed by atoms with van der Waals surface area (Å²) in [5.41, 5.74) is 1.42. The van der Waals surface area contributed by atoms with Crippen molar-refractivity contribution < 1.29 is 9.53 Å². The Morgan fingerprint density at radius 3 is 2.60 bits per heavy atom. The van der Waals surface area contributed by atoms with Gasteiger partial charge in [-0.05, 0) is 43.4 Å². The molecule has 1 aromatic rings. The van der Waals surface area contributed by atoms with Gasteiger partial charge in [-0.2, -0.15) is 0 Å². The second-order valence-electron chi connectivity index (χ2n) is 5.51. The maximum atomic E-state index is 11.8. The van der Waals surface area contributed by atoms with Crippen molar-refractivity contribution in [1.29, 1.82) is 0 Å². The molecule has 1 aromatic carbocycles. The highest BCUT2D eigenvalue weighted by Crippen LogP contribution is 2.47. The van der Waals surface area contributed by atoms with E-state index in [1.807, 2.05) is 12.1 Å². The number of hydrogen-bond acceptors (Lipinski definition) is 2. The fraction of sp³-hybridized carbons (Fsp3) is 0.562. The zero-order valence-electron chi connectivity index (χ0n) is 12.0. The van der Waals surface area contributed by atoms with Crippen molar-refractivity contribution >= 4 is 17.5 Å². The van der Waals surface area contributed by atoms with Gasteiger partial charge < -0.3 is 10.1 Å². The Balaban J connectivity index is 1.76. The number of benzene rings is 1. The minimum atomic E-state index is 0.140. The monoisotopic (exact) mass is 295 g/mol. The minimum Gasteiger partial charge on any atom is -0.385 e. The average molecular weight is 296 g/mol. The zero-order chi connectivity index (χ0) is 14.4. The molecule has 1 amide bonds. The topological polar surface area (TPSA) is 38.3 Å². The maximum Gasteiger partial charge on any atom is 0.220 e. The van der Waals surface area contributed by atoms with Crippen molar-refractivity contribution in [3.05, 3.63) is 34.9 Å². The molecule has 1 saturated carbocycles. The number of amides is 1. The van der Waals surface area contributed by atoms with Gasteiger partial charge in [0.25, 0.3) is 0 Å². The van der Waals surface area contributed by atoms with E-state index in [0.717, 1.165) is 43.9 Å². The normalized spacial score (nSPS) is 15.9.